The SMILES string of the molecule is CC(C)(/C=C(/C#N)C(=O)N1CCC(n2c(=O)n(-c3ccc(Oc4ccccc4)cc3)c3c(N)ncnc32)CC1)N1CCNCC1. The second-order valence-corrected chi connectivity index (χ2v) is 11.9. The number of hydrogen-bond donors (Lipinski definition) is 2. The smallest absolute Gasteiger partial charge is 0.335 e. The number of aromatic nitrogens is 4. The number of carbonyl (C=O) groups is 1. The van der Waals surface area contributed by atoms with Crippen LogP contribution in [-0.2, 0) is 4.79 Å². The van der Waals surface area contributed by atoms with Gasteiger partial charge in [0.15, 0.2) is 11.5 Å². The Labute approximate surface area is 261 Å². The summed E-state index contributed by atoms with van der Waals surface area (Å²) in [6.07, 6.45) is 4.20. The third-order valence-corrected chi connectivity index (χ3v) is 8.65. The van der Waals surface area contributed by atoms with Crippen molar-refractivity contribution < 1.29 is 9.53 Å². The predicted octanol–water partition coefficient (Wildman–Crippen LogP) is 3.25. The molecule has 0 radical (unpaired) electrons. The molecule has 2 aromatic heterocycles. The Morgan fingerprint density at radius 1 is 1.02 bits per heavy atom. The summed E-state index contributed by atoms with van der Waals surface area (Å²) in [5.74, 6) is 1.26. The van der Waals surface area contributed by atoms with Crippen LogP contribution in [0, 0.1) is 11.3 Å². The standard InChI is InChI=1S/C33H37N9O3/c1-33(2,40-18-14-36-15-19-40)20-23(21-34)31(43)39-16-12-25(13-17-39)42-30-28(29(35)37-22-38-30)41(32(42)44)24-8-10-27(11-9-24)45-26-6-4-3-5-7-26/h3-11,20,22,25,36H,12-19H2,1-2H3,(H2,35,37,38)/b23-20-. The van der Waals surface area contributed by atoms with Crippen LogP contribution in [0.3, 0.4) is 0 Å². The highest BCUT2D eigenvalue weighted by atomic mass is 16.5. The first-order valence-corrected chi connectivity index (χ1v) is 15.2. The maximum atomic E-state index is 14.0. The van der Waals surface area contributed by atoms with Crippen LogP contribution in [0.25, 0.3) is 16.9 Å². The largest absolute Gasteiger partial charge is 0.457 e. The Morgan fingerprint density at radius 3 is 2.36 bits per heavy atom. The molecule has 3 N–H and O–H groups in total. The molecule has 2 aromatic carbocycles. The van der Waals surface area contributed by atoms with E-state index in [1.807, 2.05) is 44.2 Å². The number of piperidine rings is 1. The molecule has 4 aromatic rings. The molecular weight excluding hydrogens is 570 g/mol. The molecule has 2 saturated heterocycles. The quantitative estimate of drug-likeness (QED) is 0.239. The van der Waals surface area contributed by atoms with Crippen LogP contribution in [0.5, 0.6) is 11.5 Å². The van der Waals surface area contributed by atoms with E-state index < -0.39 is 5.54 Å². The van der Waals surface area contributed by atoms with Gasteiger partial charge in [-0.3, -0.25) is 18.8 Å². The van der Waals surface area contributed by atoms with Gasteiger partial charge in [-0.25, -0.2) is 14.8 Å². The zero-order valence-electron chi connectivity index (χ0n) is 25.5. The number of nitriles is 1. The molecule has 6 rings (SSSR count). The number of rotatable bonds is 7. The molecule has 2 fully saturated rings. The monoisotopic (exact) mass is 607 g/mol. The van der Waals surface area contributed by atoms with Crippen LogP contribution in [0.1, 0.15) is 32.7 Å². The number of anilines is 1. The van der Waals surface area contributed by atoms with E-state index in [9.17, 15) is 14.9 Å². The average molecular weight is 608 g/mol. The van der Waals surface area contributed by atoms with Crippen LogP contribution in [0.15, 0.2) is 77.4 Å². The van der Waals surface area contributed by atoms with Crippen LogP contribution in [0.2, 0.25) is 0 Å². The molecule has 2 aliphatic heterocycles. The lowest BCUT2D eigenvalue weighted by Crippen LogP contribution is -2.53. The molecule has 45 heavy (non-hydrogen) atoms. The lowest BCUT2D eigenvalue weighted by molar-refractivity contribution is -0.128. The Balaban J connectivity index is 1.23. The van der Waals surface area contributed by atoms with Gasteiger partial charge in [0.2, 0.25) is 0 Å². The summed E-state index contributed by atoms with van der Waals surface area (Å²) in [6, 6.07) is 18.6. The number of nitrogens with one attached hydrogen (secondary N) is 1. The second-order valence-electron chi connectivity index (χ2n) is 11.9. The summed E-state index contributed by atoms with van der Waals surface area (Å²) in [4.78, 5) is 40.1. The highest BCUT2D eigenvalue weighted by Crippen LogP contribution is 2.30. The highest BCUT2D eigenvalue weighted by molar-refractivity contribution is 5.97. The summed E-state index contributed by atoms with van der Waals surface area (Å²) >= 11 is 0. The minimum atomic E-state index is -0.429. The van der Waals surface area contributed by atoms with Crippen molar-refractivity contribution in [3.63, 3.8) is 0 Å². The van der Waals surface area contributed by atoms with Gasteiger partial charge in [0, 0.05) is 50.8 Å². The Kier molecular flexibility index (Phi) is 8.38. The molecule has 0 spiro atoms. The van der Waals surface area contributed by atoms with E-state index in [0.29, 0.717) is 54.3 Å². The first-order valence-electron chi connectivity index (χ1n) is 15.2. The fourth-order valence-corrected chi connectivity index (χ4v) is 6.25. The van der Waals surface area contributed by atoms with E-state index in [0.717, 1.165) is 26.2 Å². The van der Waals surface area contributed by atoms with Crippen molar-refractivity contribution in [3.8, 4) is 23.3 Å². The zero-order chi connectivity index (χ0) is 31.6. The lowest BCUT2D eigenvalue weighted by Gasteiger charge is -2.39. The molecule has 0 unspecified atom stereocenters. The summed E-state index contributed by atoms with van der Waals surface area (Å²) in [5.41, 5.74) is 7.22. The van der Waals surface area contributed by atoms with Gasteiger partial charge >= 0.3 is 5.69 Å². The van der Waals surface area contributed by atoms with Gasteiger partial charge in [0.1, 0.15) is 35.0 Å². The number of hydrogen-bond acceptors (Lipinski definition) is 9. The fraction of sp³-hybridized carbons (Fsp3) is 0.364. The van der Waals surface area contributed by atoms with E-state index >= 15 is 0 Å². The summed E-state index contributed by atoms with van der Waals surface area (Å²) in [6.45, 7) is 8.34. The molecule has 0 bridgehead atoms. The summed E-state index contributed by atoms with van der Waals surface area (Å²) in [7, 11) is 0. The van der Waals surface area contributed by atoms with Crippen molar-refractivity contribution in [2.24, 2.45) is 0 Å². The molecule has 1 amide bonds. The van der Waals surface area contributed by atoms with E-state index in [1.54, 1.807) is 39.8 Å². The van der Waals surface area contributed by atoms with Gasteiger partial charge < -0.3 is 20.7 Å². The third-order valence-electron chi connectivity index (χ3n) is 8.65. The lowest BCUT2D eigenvalue weighted by atomic mass is 9.97. The number of nitrogens with two attached hydrogens (primary N) is 1. The van der Waals surface area contributed by atoms with Crippen LogP contribution >= 0.6 is 0 Å². The van der Waals surface area contributed by atoms with E-state index in [2.05, 4.69) is 26.3 Å². The Morgan fingerprint density at radius 2 is 1.69 bits per heavy atom. The van der Waals surface area contributed by atoms with Crippen molar-refractivity contribution in [1.29, 1.82) is 5.26 Å². The maximum Gasteiger partial charge on any atom is 0.335 e. The minimum absolute atomic E-state index is 0.144. The van der Waals surface area contributed by atoms with Crippen molar-refractivity contribution in [2.75, 3.05) is 45.0 Å². The minimum Gasteiger partial charge on any atom is -0.457 e. The number of para-hydroxylation sites is 1. The third kappa shape index (κ3) is 6.05. The van der Waals surface area contributed by atoms with Crippen LogP contribution < -0.4 is 21.5 Å². The van der Waals surface area contributed by atoms with Crippen LogP contribution in [0.4, 0.5) is 5.82 Å². The molecule has 12 nitrogen and oxygen atoms in total. The first kappa shape index (κ1) is 30.1. The van der Waals surface area contributed by atoms with Gasteiger partial charge in [-0.2, -0.15) is 5.26 Å². The topological polar surface area (TPSA) is 147 Å². The number of ether oxygens (including phenoxy) is 1. The first-order chi connectivity index (χ1) is 21.8. The highest BCUT2D eigenvalue weighted by Gasteiger charge is 2.32. The van der Waals surface area contributed by atoms with Crippen LogP contribution in [-0.4, -0.2) is 79.6 Å². The van der Waals surface area contributed by atoms with Gasteiger partial charge in [0.25, 0.3) is 5.91 Å². The number of nitrogens with zero attached hydrogens (tertiary/aromatic N) is 7. The number of amides is 1. The van der Waals surface area contributed by atoms with Crippen molar-refractivity contribution >= 4 is 22.9 Å². The van der Waals surface area contributed by atoms with Crippen molar-refractivity contribution in [1.82, 2.24) is 34.2 Å². The fourth-order valence-electron chi connectivity index (χ4n) is 6.25. The molecular formula is C33H37N9O3. The van der Waals surface area contributed by atoms with Crippen molar-refractivity contribution in [3.05, 3.63) is 83.1 Å². The number of fused-ring (bicyclic) bond motifs is 1. The van der Waals surface area contributed by atoms with Gasteiger partial charge in [0.05, 0.1) is 5.69 Å². The molecule has 0 atom stereocenters. The maximum absolute atomic E-state index is 14.0. The van der Waals surface area contributed by atoms with E-state index in [-0.39, 0.29) is 29.0 Å². The number of nitrogen functional groups attached to an aromatic ring is 1. The van der Waals surface area contributed by atoms with Gasteiger partial charge in [-0.15, -0.1) is 0 Å². The number of piperazine rings is 1. The summed E-state index contributed by atoms with van der Waals surface area (Å²) in [5, 5.41) is 13.3. The van der Waals surface area contributed by atoms with E-state index in [4.69, 9.17) is 10.5 Å². The van der Waals surface area contributed by atoms with Crippen molar-refractivity contribution in [2.45, 2.75) is 38.3 Å². The normalized spacial score (nSPS) is 16.9. The Hall–Kier alpha value is -4.99. The molecule has 2 aliphatic rings. The average Bonchev–Trinajstić information content (AvgIpc) is 3.37. The number of carbonyl (C=O) groups excluding carboxylic acids is 1. The number of imidazole rings is 1. The molecule has 0 saturated carbocycles. The van der Waals surface area contributed by atoms with Gasteiger partial charge in [-0.05, 0) is 69.2 Å². The number of benzene rings is 2. The molecule has 232 valence electrons. The summed E-state index contributed by atoms with van der Waals surface area (Å²) < 4.78 is 9.12. The second kappa shape index (κ2) is 12.6. The predicted molar refractivity (Wildman–Crippen MR) is 171 cm³/mol. The Bertz CT molecular complexity index is 1810. The molecule has 0 aliphatic carbocycles. The van der Waals surface area contributed by atoms with E-state index in [1.165, 1.54) is 10.9 Å². The number of likely N-dealkylation sites (tertiary alicyclic amines) is 1. The zero-order valence-corrected chi connectivity index (χ0v) is 25.5. The molecule has 12 heteroatoms. The van der Waals surface area contributed by atoms with Gasteiger partial charge in [-0.1, -0.05) is 18.2 Å². The molecule has 4 heterocycles.